The molecule has 0 aliphatic rings. The number of rotatable bonds is 5. The van der Waals surface area contributed by atoms with Gasteiger partial charge in [-0.1, -0.05) is 0 Å². The van der Waals surface area contributed by atoms with E-state index in [0.29, 0.717) is 11.7 Å². The van der Waals surface area contributed by atoms with Gasteiger partial charge in [0.1, 0.15) is 5.03 Å². The number of aromatic nitrogens is 5. The molecule has 3 N–H and O–H groups in total. The molecule has 7 nitrogen and oxygen atoms in total. The summed E-state index contributed by atoms with van der Waals surface area (Å²) in [5.74, 6) is 0. The number of aromatic amines is 1. The van der Waals surface area contributed by atoms with Gasteiger partial charge in [-0.15, -0.1) is 5.10 Å². The number of H-pyrrole nitrogens is 1. The lowest BCUT2D eigenvalue weighted by Crippen LogP contribution is -2.18. The lowest BCUT2D eigenvalue weighted by Gasteiger charge is -2.08. The van der Waals surface area contributed by atoms with Crippen molar-refractivity contribution in [2.75, 3.05) is 0 Å². The third-order valence-electron chi connectivity index (χ3n) is 3.04. The summed E-state index contributed by atoms with van der Waals surface area (Å²) < 4.78 is 3.42. The molecule has 0 bridgehead atoms. The Labute approximate surface area is 121 Å². The van der Waals surface area contributed by atoms with Crippen molar-refractivity contribution in [1.29, 1.82) is 0 Å². The molecule has 8 heteroatoms. The van der Waals surface area contributed by atoms with Gasteiger partial charge < -0.3 is 5.73 Å². The van der Waals surface area contributed by atoms with E-state index in [2.05, 4.69) is 15.3 Å². The van der Waals surface area contributed by atoms with Gasteiger partial charge in [-0.05, 0) is 39.0 Å². The number of nitrogens with two attached hydrogens (primary N) is 1. The first kappa shape index (κ1) is 14.9. The quantitative estimate of drug-likeness (QED) is 0.846. The van der Waals surface area contributed by atoms with Crippen LogP contribution in [0.2, 0.25) is 0 Å². The van der Waals surface area contributed by atoms with Crippen LogP contribution in [0, 0.1) is 6.92 Å². The van der Waals surface area contributed by atoms with Crippen molar-refractivity contribution in [3.63, 3.8) is 0 Å². The van der Waals surface area contributed by atoms with Gasteiger partial charge in [0, 0.05) is 25.2 Å². The summed E-state index contributed by atoms with van der Waals surface area (Å²) in [6, 6.07) is 0.0600. The molecule has 0 aromatic carbocycles. The Bertz CT molecular complexity index is 653. The van der Waals surface area contributed by atoms with Crippen molar-refractivity contribution < 1.29 is 0 Å². The maximum absolute atomic E-state index is 11.6. The molecular formula is C12H20N6OS. The summed E-state index contributed by atoms with van der Waals surface area (Å²) in [5.41, 5.74) is 7.79. The van der Waals surface area contributed by atoms with Crippen LogP contribution in [0.15, 0.2) is 15.0 Å². The van der Waals surface area contributed by atoms with Gasteiger partial charge in [0.15, 0.2) is 5.16 Å². The molecular weight excluding hydrogens is 276 g/mol. The van der Waals surface area contributed by atoms with Crippen LogP contribution >= 0.6 is 11.8 Å². The fourth-order valence-electron chi connectivity index (χ4n) is 2.11. The van der Waals surface area contributed by atoms with Gasteiger partial charge in [-0.3, -0.25) is 9.25 Å². The third kappa shape index (κ3) is 2.80. The standard InChI is InChI=1S/C12H20N6OS/c1-5-18-11(19)14-15-12(18)20-10-9(6-7(2)13)8(3)16-17(10)4/h7H,5-6,13H2,1-4H3,(H,14,19). The molecule has 0 amide bonds. The molecule has 110 valence electrons. The maximum Gasteiger partial charge on any atom is 0.343 e. The average Bonchev–Trinajstić information content (AvgIpc) is 2.84. The van der Waals surface area contributed by atoms with Crippen molar-refractivity contribution in [3.05, 3.63) is 21.7 Å². The van der Waals surface area contributed by atoms with Crippen LogP contribution in [0.4, 0.5) is 0 Å². The van der Waals surface area contributed by atoms with Crippen molar-refractivity contribution in [3.8, 4) is 0 Å². The number of hydrogen-bond acceptors (Lipinski definition) is 5. The van der Waals surface area contributed by atoms with Gasteiger partial charge in [-0.2, -0.15) is 5.10 Å². The molecule has 20 heavy (non-hydrogen) atoms. The van der Waals surface area contributed by atoms with Gasteiger partial charge >= 0.3 is 5.69 Å². The Morgan fingerprint density at radius 3 is 2.80 bits per heavy atom. The number of nitrogens with zero attached hydrogens (tertiary/aromatic N) is 4. The molecule has 2 heterocycles. The Morgan fingerprint density at radius 1 is 1.50 bits per heavy atom. The monoisotopic (exact) mass is 296 g/mol. The number of aryl methyl sites for hydroxylation is 2. The Hall–Kier alpha value is -1.54. The molecule has 2 rings (SSSR count). The predicted octanol–water partition coefficient (Wildman–Crippen LogP) is 0.674. The van der Waals surface area contributed by atoms with E-state index in [1.807, 2.05) is 32.5 Å². The van der Waals surface area contributed by atoms with Crippen LogP contribution in [0.5, 0.6) is 0 Å². The van der Waals surface area contributed by atoms with Crippen LogP contribution in [0.25, 0.3) is 0 Å². The topological polar surface area (TPSA) is 94.5 Å². The van der Waals surface area contributed by atoms with Crippen LogP contribution in [0.1, 0.15) is 25.1 Å². The molecule has 1 atom stereocenters. The molecule has 0 radical (unpaired) electrons. The van der Waals surface area contributed by atoms with E-state index < -0.39 is 0 Å². The second-order valence-corrected chi connectivity index (χ2v) is 5.79. The molecule has 1 unspecified atom stereocenters. The zero-order chi connectivity index (χ0) is 14.9. The summed E-state index contributed by atoms with van der Waals surface area (Å²) in [7, 11) is 1.89. The first-order chi connectivity index (χ1) is 9.43. The van der Waals surface area contributed by atoms with Gasteiger partial charge in [-0.25, -0.2) is 9.89 Å². The highest BCUT2D eigenvalue weighted by Gasteiger charge is 2.18. The number of hydrogen-bond donors (Lipinski definition) is 2. The lowest BCUT2D eigenvalue weighted by molar-refractivity contribution is 0.649. The normalized spacial score (nSPS) is 12.8. The molecule has 0 spiro atoms. The highest BCUT2D eigenvalue weighted by Crippen LogP contribution is 2.30. The van der Waals surface area contributed by atoms with Crippen molar-refractivity contribution in [2.24, 2.45) is 12.8 Å². The SMILES string of the molecule is CCn1c(Sc2c(CC(C)N)c(C)nn2C)n[nH]c1=O. The van der Waals surface area contributed by atoms with Crippen LogP contribution < -0.4 is 11.4 Å². The second-order valence-electron chi connectivity index (χ2n) is 4.83. The molecule has 2 aromatic rings. The van der Waals surface area contributed by atoms with E-state index in [1.54, 1.807) is 4.57 Å². The van der Waals surface area contributed by atoms with E-state index in [-0.39, 0.29) is 11.7 Å². The van der Waals surface area contributed by atoms with Crippen molar-refractivity contribution in [2.45, 2.75) is 50.0 Å². The van der Waals surface area contributed by atoms with E-state index in [1.165, 1.54) is 11.8 Å². The fraction of sp³-hybridized carbons (Fsp3) is 0.583. The lowest BCUT2D eigenvalue weighted by atomic mass is 10.1. The summed E-state index contributed by atoms with van der Waals surface area (Å²) in [5, 5.41) is 12.6. The molecule has 0 fully saturated rings. The molecule has 0 aliphatic heterocycles. The van der Waals surface area contributed by atoms with Gasteiger partial charge in [0.25, 0.3) is 0 Å². The van der Waals surface area contributed by atoms with Crippen LogP contribution in [-0.4, -0.2) is 30.6 Å². The fourth-order valence-corrected chi connectivity index (χ4v) is 3.23. The second kappa shape index (κ2) is 5.84. The molecule has 2 aromatic heterocycles. The third-order valence-corrected chi connectivity index (χ3v) is 4.24. The maximum atomic E-state index is 11.6. The predicted molar refractivity (Wildman–Crippen MR) is 77.9 cm³/mol. The van der Waals surface area contributed by atoms with Crippen LogP contribution in [-0.2, 0) is 20.0 Å². The Balaban J connectivity index is 2.40. The molecule has 0 saturated carbocycles. The zero-order valence-electron chi connectivity index (χ0n) is 12.2. The Morgan fingerprint density at radius 2 is 2.20 bits per heavy atom. The summed E-state index contributed by atoms with van der Waals surface area (Å²) in [6.07, 6.45) is 0.753. The van der Waals surface area contributed by atoms with Crippen LogP contribution in [0.3, 0.4) is 0 Å². The van der Waals surface area contributed by atoms with Crippen molar-refractivity contribution in [1.82, 2.24) is 24.5 Å². The minimum atomic E-state index is -0.192. The smallest absolute Gasteiger partial charge is 0.328 e. The average molecular weight is 296 g/mol. The Kier molecular flexibility index (Phi) is 4.34. The van der Waals surface area contributed by atoms with Gasteiger partial charge in [0.05, 0.1) is 5.69 Å². The first-order valence-corrected chi connectivity index (χ1v) is 7.36. The molecule has 0 saturated heterocycles. The number of nitrogens with one attached hydrogen (secondary N) is 1. The highest BCUT2D eigenvalue weighted by atomic mass is 32.2. The van der Waals surface area contributed by atoms with Crippen molar-refractivity contribution >= 4 is 11.8 Å². The highest BCUT2D eigenvalue weighted by molar-refractivity contribution is 7.99. The van der Waals surface area contributed by atoms with E-state index in [0.717, 1.165) is 22.7 Å². The minimum absolute atomic E-state index is 0.0600. The minimum Gasteiger partial charge on any atom is -0.328 e. The summed E-state index contributed by atoms with van der Waals surface area (Å²) in [4.78, 5) is 11.6. The zero-order valence-corrected chi connectivity index (χ0v) is 13.0. The van der Waals surface area contributed by atoms with Gasteiger partial charge in [0.2, 0.25) is 0 Å². The first-order valence-electron chi connectivity index (χ1n) is 6.55. The summed E-state index contributed by atoms with van der Waals surface area (Å²) in [6.45, 7) is 6.44. The van der Waals surface area contributed by atoms with E-state index in [4.69, 9.17) is 5.73 Å². The molecule has 0 aliphatic carbocycles. The summed E-state index contributed by atoms with van der Waals surface area (Å²) >= 11 is 1.44. The largest absolute Gasteiger partial charge is 0.343 e. The van der Waals surface area contributed by atoms with E-state index >= 15 is 0 Å². The van der Waals surface area contributed by atoms with E-state index in [9.17, 15) is 4.79 Å².